The van der Waals surface area contributed by atoms with Crippen molar-refractivity contribution in [3.63, 3.8) is 0 Å². The molecule has 0 unspecified atom stereocenters. The fourth-order valence-corrected chi connectivity index (χ4v) is 8.72. The zero-order valence-corrected chi connectivity index (χ0v) is 21.3. The molecule has 0 spiro atoms. The summed E-state index contributed by atoms with van der Waals surface area (Å²) in [6.45, 7) is 5.22. The molecular formula is C21H23Cl2FN6O4S. The summed E-state index contributed by atoms with van der Waals surface area (Å²) in [5.74, 6) is -1.52. The van der Waals surface area contributed by atoms with Crippen LogP contribution in [0.5, 0.6) is 0 Å². The minimum atomic E-state index is -3.34. The number of nitrogens with one attached hydrogen (secondary N) is 3. The molecule has 4 rings (SSSR count). The van der Waals surface area contributed by atoms with Crippen molar-refractivity contribution in [2.45, 2.75) is 42.7 Å². The lowest BCUT2D eigenvalue weighted by Crippen LogP contribution is -2.66. The molecule has 0 saturated carbocycles. The third-order valence-corrected chi connectivity index (χ3v) is 11.1. The first-order chi connectivity index (χ1) is 16.3. The molecule has 1 saturated heterocycles. The van der Waals surface area contributed by atoms with E-state index < -0.39 is 43.5 Å². The number of hydrogen-bond donors (Lipinski definition) is 5. The van der Waals surface area contributed by atoms with Gasteiger partial charge in [0.25, 0.3) is 5.91 Å². The van der Waals surface area contributed by atoms with E-state index >= 15 is 4.39 Å². The molecule has 35 heavy (non-hydrogen) atoms. The molecule has 1 fully saturated rings. The molecule has 188 valence electrons. The van der Waals surface area contributed by atoms with Gasteiger partial charge in [0.2, 0.25) is 0 Å². The predicted octanol–water partition coefficient (Wildman–Crippen LogP) is 3.14. The summed E-state index contributed by atoms with van der Waals surface area (Å²) in [6.07, 6.45) is 0.279. The molecule has 0 radical (unpaired) electrons. The number of carboxylic acid groups (broad SMARTS) is 1. The standard InChI is InChI=1S/C21H23Cl2FN6O4S/c1-20(2)18(29-19(32)33)30-21(3,13-6-7-26-35(13,20)34)16-12(24)4-5-14(27-16)28-17(31)15-11(23)8-10(22)9-25-15/h4-5,8-9,13,35H,6-7H2,1-3H3,(H,26,34)(H,29,30)(H,32,33)(H,27,28,31)/t13-,21-/m0/s1. The number of fused-ring (bicyclic) bond motifs is 1. The SMILES string of the molecule is CC1(C)C(NC(=O)O)=N[C@](C)(c2nc(NC(=O)c3ncc(Cl)cc3Cl)ccc2F)[C@@H]2CCN[SH]21=O. The summed E-state index contributed by atoms with van der Waals surface area (Å²) in [4.78, 5) is 36.9. The van der Waals surface area contributed by atoms with Crippen LogP contribution in [0, 0.1) is 5.82 Å². The molecule has 2 aromatic rings. The van der Waals surface area contributed by atoms with Crippen molar-refractivity contribution in [2.24, 2.45) is 4.99 Å². The monoisotopic (exact) mass is 544 g/mol. The second-order valence-electron chi connectivity index (χ2n) is 8.93. The number of hydrogen-bond acceptors (Lipinski definition) is 6. The highest BCUT2D eigenvalue weighted by Crippen LogP contribution is 2.48. The molecule has 0 bridgehead atoms. The van der Waals surface area contributed by atoms with E-state index in [9.17, 15) is 18.9 Å². The number of rotatable bonds is 3. The molecule has 14 heteroatoms. The quantitative estimate of drug-likeness (QED) is 0.375. The summed E-state index contributed by atoms with van der Waals surface area (Å²) >= 11 is 11.9. The number of carbonyl (C=O) groups excluding carboxylic acids is 1. The number of amidine groups is 1. The van der Waals surface area contributed by atoms with Gasteiger partial charge in [-0.15, -0.1) is 0 Å². The van der Waals surface area contributed by atoms with E-state index in [-0.39, 0.29) is 33.1 Å². The van der Waals surface area contributed by atoms with Crippen molar-refractivity contribution in [3.8, 4) is 0 Å². The van der Waals surface area contributed by atoms with Gasteiger partial charge in [0.15, 0.2) is 0 Å². The lowest BCUT2D eigenvalue weighted by atomic mass is 9.89. The Kier molecular flexibility index (Phi) is 6.37. The van der Waals surface area contributed by atoms with E-state index in [1.54, 1.807) is 20.8 Å². The lowest BCUT2D eigenvalue weighted by molar-refractivity contribution is 0.102. The van der Waals surface area contributed by atoms with E-state index in [4.69, 9.17) is 23.2 Å². The van der Waals surface area contributed by atoms with Gasteiger partial charge >= 0.3 is 6.09 Å². The van der Waals surface area contributed by atoms with Crippen molar-refractivity contribution in [2.75, 3.05) is 11.9 Å². The highest BCUT2D eigenvalue weighted by molar-refractivity contribution is 8.04. The summed E-state index contributed by atoms with van der Waals surface area (Å²) in [6, 6.07) is 3.71. The molecule has 0 aliphatic carbocycles. The minimum Gasteiger partial charge on any atom is -0.465 e. The molecule has 2 aliphatic heterocycles. The maximum atomic E-state index is 15.2. The third-order valence-electron chi connectivity index (χ3n) is 6.42. The van der Waals surface area contributed by atoms with Gasteiger partial charge in [-0.3, -0.25) is 24.0 Å². The van der Waals surface area contributed by atoms with Crippen LogP contribution in [-0.4, -0.2) is 53.7 Å². The van der Waals surface area contributed by atoms with Gasteiger partial charge in [-0.25, -0.2) is 19.2 Å². The van der Waals surface area contributed by atoms with E-state index in [0.29, 0.717) is 13.0 Å². The van der Waals surface area contributed by atoms with Crippen LogP contribution in [-0.2, 0) is 15.7 Å². The van der Waals surface area contributed by atoms with Crippen LogP contribution in [0.25, 0.3) is 0 Å². The van der Waals surface area contributed by atoms with Gasteiger partial charge in [-0.2, -0.15) is 0 Å². The summed E-state index contributed by atoms with van der Waals surface area (Å²) < 4.78 is 31.3. The Hall–Kier alpha value is -2.67. The smallest absolute Gasteiger partial charge is 0.410 e. The minimum absolute atomic E-state index is 0.0192. The first kappa shape index (κ1) is 25.4. The molecule has 2 aromatic heterocycles. The van der Waals surface area contributed by atoms with Crippen molar-refractivity contribution in [3.05, 3.63) is 51.6 Å². The van der Waals surface area contributed by atoms with Crippen LogP contribution in [0.4, 0.5) is 15.0 Å². The topological polar surface area (TPSA) is 146 Å². The number of anilines is 1. The molecule has 2 atom stereocenters. The van der Waals surface area contributed by atoms with Gasteiger partial charge < -0.3 is 10.4 Å². The number of amides is 2. The molecule has 2 amide bonds. The predicted molar refractivity (Wildman–Crippen MR) is 132 cm³/mol. The van der Waals surface area contributed by atoms with Crippen molar-refractivity contribution >= 4 is 57.0 Å². The normalized spacial score (nSPS) is 25.2. The first-order valence-corrected chi connectivity index (χ1v) is 13.1. The summed E-state index contributed by atoms with van der Waals surface area (Å²) in [5, 5.41) is 13.7. The van der Waals surface area contributed by atoms with Crippen LogP contribution in [0.1, 0.15) is 43.4 Å². The molecule has 10 nitrogen and oxygen atoms in total. The number of aromatic nitrogens is 2. The Morgan fingerprint density at radius 2 is 1.97 bits per heavy atom. The second kappa shape index (κ2) is 8.77. The fourth-order valence-electron chi connectivity index (χ4n) is 4.60. The molecular weight excluding hydrogens is 522 g/mol. The maximum Gasteiger partial charge on any atom is 0.410 e. The molecule has 0 aromatic carbocycles. The number of aliphatic imine (C=N–C) groups is 1. The number of thiol groups is 1. The Balaban J connectivity index is 1.79. The fraction of sp³-hybridized carbons (Fsp3) is 0.381. The highest BCUT2D eigenvalue weighted by Gasteiger charge is 2.59. The Labute approximate surface area is 211 Å². The van der Waals surface area contributed by atoms with Crippen molar-refractivity contribution in [1.29, 1.82) is 0 Å². The van der Waals surface area contributed by atoms with Crippen LogP contribution in [0.15, 0.2) is 29.4 Å². The van der Waals surface area contributed by atoms with Crippen molar-refractivity contribution in [1.82, 2.24) is 20.0 Å². The zero-order chi connectivity index (χ0) is 25.8. The van der Waals surface area contributed by atoms with E-state index in [0.717, 1.165) is 6.07 Å². The van der Waals surface area contributed by atoms with Crippen LogP contribution >= 0.6 is 23.2 Å². The maximum absolute atomic E-state index is 15.2. The van der Waals surface area contributed by atoms with Crippen molar-refractivity contribution < 1.29 is 23.3 Å². The van der Waals surface area contributed by atoms with E-state index in [1.807, 2.05) is 0 Å². The second-order valence-corrected chi connectivity index (χ2v) is 13.1. The van der Waals surface area contributed by atoms with Gasteiger partial charge in [-0.1, -0.05) is 23.2 Å². The zero-order valence-electron chi connectivity index (χ0n) is 18.9. The average molecular weight is 545 g/mol. The number of pyridine rings is 2. The molecule has 4 heterocycles. The number of carbonyl (C=O) groups is 2. The highest BCUT2D eigenvalue weighted by atomic mass is 35.5. The number of nitrogens with zero attached hydrogens (tertiary/aromatic N) is 3. The van der Waals surface area contributed by atoms with Gasteiger partial charge in [0.1, 0.15) is 34.4 Å². The average Bonchev–Trinajstić information content (AvgIpc) is 3.18. The Morgan fingerprint density at radius 3 is 2.63 bits per heavy atom. The lowest BCUT2D eigenvalue weighted by Gasteiger charge is -2.50. The van der Waals surface area contributed by atoms with E-state index in [1.165, 1.54) is 18.3 Å². The summed E-state index contributed by atoms with van der Waals surface area (Å²) in [7, 11) is -3.34. The number of halogens is 3. The van der Waals surface area contributed by atoms with Gasteiger partial charge in [0, 0.05) is 12.7 Å². The van der Waals surface area contributed by atoms with Crippen LogP contribution < -0.4 is 15.4 Å². The van der Waals surface area contributed by atoms with E-state index in [2.05, 4.69) is 30.3 Å². The van der Waals surface area contributed by atoms with Gasteiger partial charge in [-0.05, 0) is 55.5 Å². The Morgan fingerprint density at radius 1 is 1.26 bits per heavy atom. The van der Waals surface area contributed by atoms with Gasteiger partial charge in [0.05, 0.1) is 20.0 Å². The molecule has 4 N–H and O–H groups in total. The van der Waals surface area contributed by atoms with Crippen LogP contribution in [0.3, 0.4) is 0 Å². The largest absolute Gasteiger partial charge is 0.465 e. The van der Waals surface area contributed by atoms with Crippen LogP contribution in [0.2, 0.25) is 10.0 Å². The summed E-state index contributed by atoms with van der Waals surface area (Å²) in [5.41, 5.74) is -1.78. The Bertz CT molecular complexity index is 1320. The molecule has 2 aliphatic rings. The third kappa shape index (κ3) is 4.18. The first-order valence-electron chi connectivity index (χ1n) is 10.5.